The van der Waals surface area contributed by atoms with E-state index in [2.05, 4.69) is 34.4 Å². The van der Waals surface area contributed by atoms with Crippen LogP contribution in [0.15, 0.2) is 6.07 Å². The Bertz CT molecular complexity index is 321. The minimum absolute atomic E-state index is 0.673. The van der Waals surface area contributed by atoms with Crippen LogP contribution in [0.3, 0.4) is 0 Å². The molecule has 0 unspecified atom stereocenters. The zero-order valence-corrected chi connectivity index (χ0v) is 10.7. The normalized spacial score (nSPS) is 10.6. The molecule has 16 heavy (non-hydrogen) atoms. The van der Waals surface area contributed by atoms with Gasteiger partial charge in [-0.05, 0) is 12.8 Å². The number of anilines is 2. The number of hydrogen-bond acceptors (Lipinski definition) is 4. The minimum Gasteiger partial charge on any atom is -0.370 e. The summed E-state index contributed by atoms with van der Waals surface area (Å²) in [4.78, 5) is 8.62. The van der Waals surface area contributed by atoms with E-state index in [0.717, 1.165) is 18.1 Å². The van der Waals surface area contributed by atoms with Gasteiger partial charge < -0.3 is 10.6 Å². The summed E-state index contributed by atoms with van der Waals surface area (Å²) >= 11 is 0. The summed E-state index contributed by atoms with van der Waals surface area (Å²) in [6.07, 6.45) is 2.40. The standard InChI is InChI=1S/C12H22N4/c1-5-10(6-2)8-14-11-7-9(3)15-12(13-4)16-11/h7,10H,5-6,8H2,1-4H3,(H2,13,14,15,16). The fourth-order valence-corrected chi connectivity index (χ4v) is 1.60. The van der Waals surface area contributed by atoms with Crippen molar-refractivity contribution in [1.82, 2.24) is 9.97 Å². The summed E-state index contributed by atoms with van der Waals surface area (Å²) in [6.45, 7) is 7.40. The molecule has 0 aromatic carbocycles. The number of nitrogens with zero attached hydrogens (tertiary/aromatic N) is 2. The van der Waals surface area contributed by atoms with E-state index in [4.69, 9.17) is 0 Å². The molecule has 0 atom stereocenters. The first-order valence-electron chi connectivity index (χ1n) is 5.96. The van der Waals surface area contributed by atoms with Gasteiger partial charge in [-0.2, -0.15) is 4.98 Å². The minimum atomic E-state index is 0.673. The number of aryl methyl sites for hydroxylation is 1. The van der Waals surface area contributed by atoms with Crippen molar-refractivity contribution in [3.63, 3.8) is 0 Å². The first-order chi connectivity index (χ1) is 7.69. The van der Waals surface area contributed by atoms with E-state index >= 15 is 0 Å². The Kier molecular flexibility index (Phi) is 5.02. The molecule has 1 rings (SSSR count). The zero-order valence-electron chi connectivity index (χ0n) is 10.7. The average Bonchev–Trinajstić information content (AvgIpc) is 2.29. The molecular weight excluding hydrogens is 200 g/mol. The molecule has 0 amide bonds. The lowest BCUT2D eigenvalue weighted by molar-refractivity contribution is 0.518. The molecule has 0 fully saturated rings. The van der Waals surface area contributed by atoms with Gasteiger partial charge in [-0.1, -0.05) is 26.7 Å². The van der Waals surface area contributed by atoms with Gasteiger partial charge in [0.05, 0.1) is 0 Å². The predicted molar refractivity (Wildman–Crippen MR) is 68.9 cm³/mol. The van der Waals surface area contributed by atoms with Crippen LogP contribution < -0.4 is 10.6 Å². The first-order valence-corrected chi connectivity index (χ1v) is 5.96. The lowest BCUT2D eigenvalue weighted by atomic mass is 10.0. The van der Waals surface area contributed by atoms with E-state index < -0.39 is 0 Å². The van der Waals surface area contributed by atoms with E-state index in [0.29, 0.717) is 11.9 Å². The molecule has 0 aliphatic heterocycles. The van der Waals surface area contributed by atoms with Crippen molar-refractivity contribution in [1.29, 1.82) is 0 Å². The molecule has 0 spiro atoms. The van der Waals surface area contributed by atoms with Crippen molar-refractivity contribution in [2.24, 2.45) is 5.92 Å². The third-order valence-corrected chi connectivity index (χ3v) is 2.80. The van der Waals surface area contributed by atoms with Crippen LogP contribution in [-0.4, -0.2) is 23.6 Å². The molecular formula is C12H22N4. The molecule has 0 saturated heterocycles. The smallest absolute Gasteiger partial charge is 0.224 e. The average molecular weight is 222 g/mol. The maximum Gasteiger partial charge on any atom is 0.224 e. The van der Waals surface area contributed by atoms with Gasteiger partial charge in [-0.15, -0.1) is 0 Å². The lowest BCUT2D eigenvalue weighted by Crippen LogP contribution is -2.14. The third kappa shape index (κ3) is 3.68. The van der Waals surface area contributed by atoms with Crippen molar-refractivity contribution in [3.8, 4) is 0 Å². The van der Waals surface area contributed by atoms with Crippen LogP contribution in [0.1, 0.15) is 32.4 Å². The molecule has 0 aliphatic rings. The monoisotopic (exact) mass is 222 g/mol. The predicted octanol–water partition coefficient (Wildman–Crippen LogP) is 2.67. The molecule has 0 aliphatic carbocycles. The fraction of sp³-hybridized carbons (Fsp3) is 0.667. The van der Waals surface area contributed by atoms with Crippen LogP contribution >= 0.6 is 0 Å². The molecule has 2 N–H and O–H groups in total. The Hall–Kier alpha value is -1.32. The summed E-state index contributed by atoms with van der Waals surface area (Å²) in [6, 6.07) is 1.98. The molecule has 0 bridgehead atoms. The second-order valence-corrected chi connectivity index (χ2v) is 4.03. The Morgan fingerprint density at radius 2 is 1.94 bits per heavy atom. The highest BCUT2D eigenvalue weighted by Gasteiger charge is 2.05. The van der Waals surface area contributed by atoms with Crippen LogP contribution in [-0.2, 0) is 0 Å². The Balaban J connectivity index is 2.62. The number of nitrogens with one attached hydrogen (secondary N) is 2. The lowest BCUT2D eigenvalue weighted by Gasteiger charge is -2.14. The molecule has 90 valence electrons. The second kappa shape index (κ2) is 6.30. The Labute approximate surface area is 97.9 Å². The SMILES string of the molecule is CCC(CC)CNc1cc(C)nc(NC)n1. The van der Waals surface area contributed by atoms with Gasteiger partial charge in [0, 0.05) is 25.4 Å². The van der Waals surface area contributed by atoms with E-state index in [1.54, 1.807) is 0 Å². The van der Waals surface area contributed by atoms with Crippen molar-refractivity contribution in [3.05, 3.63) is 11.8 Å². The largest absolute Gasteiger partial charge is 0.370 e. The molecule has 4 nitrogen and oxygen atoms in total. The van der Waals surface area contributed by atoms with Crippen LogP contribution in [0.2, 0.25) is 0 Å². The quantitative estimate of drug-likeness (QED) is 0.777. The number of rotatable bonds is 6. The summed E-state index contributed by atoms with van der Waals surface area (Å²) < 4.78 is 0. The van der Waals surface area contributed by atoms with Gasteiger partial charge in [-0.25, -0.2) is 4.98 Å². The van der Waals surface area contributed by atoms with Gasteiger partial charge in [0.2, 0.25) is 5.95 Å². The van der Waals surface area contributed by atoms with E-state index in [1.165, 1.54) is 12.8 Å². The van der Waals surface area contributed by atoms with Crippen molar-refractivity contribution < 1.29 is 0 Å². The molecule has 0 saturated carbocycles. The third-order valence-electron chi connectivity index (χ3n) is 2.80. The highest BCUT2D eigenvalue weighted by molar-refractivity contribution is 5.41. The molecule has 1 aromatic heterocycles. The number of hydrogen-bond donors (Lipinski definition) is 2. The van der Waals surface area contributed by atoms with Crippen LogP contribution in [0.5, 0.6) is 0 Å². The summed E-state index contributed by atoms with van der Waals surface area (Å²) in [5.41, 5.74) is 0.978. The van der Waals surface area contributed by atoms with Gasteiger partial charge in [0.15, 0.2) is 0 Å². The van der Waals surface area contributed by atoms with Gasteiger partial charge in [0.25, 0.3) is 0 Å². The molecule has 1 aromatic rings. The first kappa shape index (κ1) is 12.7. The van der Waals surface area contributed by atoms with E-state index in [9.17, 15) is 0 Å². The summed E-state index contributed by atoms with van der Waals surface area (Å²) in [5.74, 6) is 2.30. The number of aromatic nitrogens is 2. The van der Waals surface area contributed by atoms with Crippen LogP contribution in [0, 0.1) is 12.8 Å². The summed E-state index contributed by atoms with van der Waals surface area (Å²) in [5, 5.41) is 6.33. The molecule has 4 heteroatoms. The fourth-order valence-electron chi connectivity index (χ4n) is 1.60. The van der Waals surface area contributed by atoms with Crippen molar-refractivity contribution >= 4 is 11.8 Å². The van der Waals surface area contributed by atoms with Gasteiger partial charge in [-0.3, -0.25) is 0 Å². The van der Waals surface area contributed by atoms with Gasteiger partial charge >= 0.3 is 0 Å². The van der Waals surface area contributed by atoms with Crippen LogP contribution in [0.4, 0.5) is 11.8 Å². The Morgan fingerprint density at radius 1 is 1.25 bits per heavy atom. The maximum atomic E-state index is 4.36. The topological polar surface area (TPSA) is 49.8 Å². The molecule has 1 heterocycles. The summed E-state index contributed by atoms with van der Waals surface area (Å²) in [7, 11) is 1.83. The van der Waals surface area contributed by atoms with E-state index in [1.807, 2.05) is 20.0 Å². The zero-order chi connectivity index (χ0) is 12.0. The highest BCUT2D eigenvalue weighted by atomic mass is 15.1. The van der Waals surface area contributed by atoms with Gasteiger partial charge in [0.1, 0.15) is 5.82 Å². The highest BCUT2D eigenvalue weighted by Crippen LogP contribution is 2.12. The van der Waals surface area contributed by atoms with Crippen LogP contribution in [0.25, 0.3) is 0 Å². The molecule has 0 radical (unpaired) electrons. The van der Waals surface area contributed by atoms with Crippen molar-refractivity contribution in [2.45, 2.75) is 33.6 Å². The Morgan fingerprint density at radius 3 is 2.50 bits per heavy atom. The maximum absolute atomic E-state index is 4.36. The second-order valence-electron chi connectivity index (χ2n) is 4.03. The van der Waals surface area contributed by atoms with E-state index in [-0.39, 0.29) is 0 Å². The van der Waals surface area contributed by atoms with Crippen molar-refractivity contribution in [2.75, 3.05) is 24.2 Å².